The van der Waals surface area contributed by atoms with E-state index >= 15 is 0 Å². The number of hydrogen-bond acceptors (Lipinski definition) is 38. The first-order valence-corrected chi connectivity index (χ1v) is 45.7. The summed E-state index contributed by atoms with van der Waals surface area (Å²) in [4.78, 5) is 107. The van der Waals surface area contributed by atoms with Crippen LogP contribution in [0.25, 0.3) is 0 Å². The molecule has 135 heavy (non-hydrogen) atoms. The fraction of sp³-hybridized carbons (Fsp3) is 0.812. The Morgan fingerprint density at radius 1 is 0.348 bits per heavy atom. The van der Waals surface area contributed by atoms with Gasteiger partial charge in [0.2, 0.25) is 76.2 Å². The van der Waals surface area contributed by atoms with E-state index in [1.54, 1.807) is 0 Å². The van der Waals surface area contributed by atoms with E-state index in [1.165, 1.54) is 6.21 Å². The molecule has 3 saturated heterocycles. The highest BCUT2D eigenvalue weighted by Crippen LogP contribution is 2.30. The minimum absolute atomic E-state index is 0.00218. The summed E-state index contributed by atoms with van der Waals surface area (Å²) in [5.74, 6) is -11.0. The molecule has 3 aliphatic rings. The summed E-state index contributed by atoms with van der Waals surface area (Å²) in [6.07, 6.45) is -7.47. The normalized spacial score (nSPS) is 20.4. The van der Waals surface area contributed by atoms with E-state index in [-0.39, 0.29) is 259 Å². The largest absolute Gasteiger partial charge is 0.420 e. The molecule has 3 fully saturated rings. The fourth-order valence-corrected chi connectivity index (χ4v) is 12.7. The van der Waals surface area contributed by atoms with Crippen LogP contribution in [-0.4, -0.2) is 415 Å². The molecule has 0 unspecified atom stereocenters. The SMILES string of the molecule is NN=C(C=NCCOCCOCCOCCOCCOCCOCCOCCOCCC(=O)Oc1c(F)c(F)c(F)c(F)c1F)CCC(=O)NC(COCCC(=O)NCCCNC(=O)CCCCO[C@H]1C[C@@H](O)[C@@H](O)[C@@H](CO)O1)(COCCC(=O)NCCCNC(=O)CCCCO[C@H]1C[C@@H](O)[C@@H](O)[C@@H](CO)O1)COCCC(=O)NCCCNC(=O)CCCCO[C@H]1C[C@@H](O)[C@@H](O)[C@@H](CO)O1. The molecule has 50 heteroatoms. The Morgan fingerprint density at radius 3 is 0.948 bits per heavy atom. The molecule has 45 nitrogen and oxygen atoms in total. The molecule has 12 atom stereocenters. The quantitative estimate of drug-likeness (QED) is 0.00355. The van der Waals surface area contributed by atoms with Crippen molar-refractivity contribution in [2.75, 3.05) is 231 Å². The zero-order valence-corrected chi connectivity index (χ0v) is 76.6. The number of aliphatic hydroxyl groups is 9. The lowest BCUT2D eigenvalue weighted by Crippen LogP contribution is -2.58. The Bertz CT molecular complexity index is 3270. The Kier molecular flexibility index (Phi) is 66.4. The van der Waals surface area contributed by atoms with Crippen LogP contribution in [-0.2, 0) is 119 Å². The highest BCUT2D eigenvalue weighted by Gasteiger charge is 2.40. The number of aliphatic imine (C=N–C) groups is 1. The number of nitrogens with two attached hydrogens (primary N) is 1. The van der Waals surface area contributed by atoms with Crippen LogP contribution in [0.15, 0.2) is 10.1 Å². The number of ether oxygens (including phenoxy) is 18. The number of unbranched alkanes of at least 4 members (excludes halogenated alkanes) is 3. The van der Waals surface area contributed by atoms with Gasteiger partial charge in [0, 0.05) is 136 Å². The van der Waals surface area contributed by atoms with E-state index in [0.29, 0.717) is 104 Å². The molecule has 1 aromatic rings. The van der Waals surface area contributed by atoms with Crippen molar-refractivity contribution in [1.82, 2.24) is 37.2 Å². The molecule has 1 aromatic carbocycles. The second-order valence-electron chi connectivity index (χ2n) is 31.3. The molecule has 0 saturated carbocycles. The van der Waals surface area contributed by atoms with Gasteiger partial charge in [0.15, 0.2) is 18.9 Å². The molecular formula is C85H143F5N10O35. The number of carbonyl (C=O) groups is 8. The number of halogens is 5. The third-order valence-corrected chi connectivity index (χ3v) is 20.2. The van der Waals surface area contributed by atoms with Crippen molar-refractivity contribution < 1.29 is 192 Å². The van der Waals surface area contributed by atoms with E-state index in [9.17, 15) is 106 Å². The summed E-state index contributed by atoms with van der Waals surface area (Å²) in [5, 5.41) is 112. The molecule has 0 radical (unpaired) electrons. The van der Waals surface area contributed by atoms with Gasteiger partial charge in [-0.2, -0.15) is 13.9 Å². The lowest BCUT2D eigenvalue weighted by atomic mass is 10.0. The maximum Gasteiger partial charge on any atom is 0.313 e. The summed E-state index contributed by atoms with van der Waals surface area (Å²) < 4.78 is 167. The van der Waals surface area contributed by atoms with Gasteiger partial charge in [-0.15, -0.1) is 0 Å². The van der Waals surface area contributed by atoms with Gasteiger partial charge in [-0.3, -0.25) is 43.3 Å². The van der Waals surface area contributed by atoms with Crippen LogP contribution in [0.2, 0.25) is 0 Å². The number of nitrogens with one attached hydrogen (secondary N) is 7. The summed E-state index contributed by atoms with van der Waals surface area (Å²) in [5.41, 5.74) is -1.28. The standard InChI is InChI=1S/C85H143F5N10O35/c86-76-77(87)79(89)84(80(90)78(76)88)135-72(114)18-32-118-34-36-120-38-40-122-42-44-124-46-47-125-45-43-123-41-39-121-37-35-119-33-25-92-51-58(100-91)13-14-71(113)99-85(55-126-29-15-68(110)96-22-7-19-93-65(107)10-1-4-26-129-73-48-59(104)81(115)62(52-101)132-73,56-127-30-16-69(111)97-23-8-20-94-66(108)11-2-5-27-130-74-49-60(105)82(116)63(53-102)133-74)57-128-31-17-70(112)98-24-9-21-95-67(109)12-3-6-28-131-75-50-61(106)83(117)64(54-103)134-75/h51,59-64,73-75,81-83,101-106,115-117H,1-50,52-57,91H2,(H,93,107)(H,94,108)(H,95,109)(H,96,110)(H,97,111)(H,98,112)(H,99,113)/t59-,60-,61-,62-,63-,64-,73-,74-,75-,81-,82-,83-/m1/s1. The van der Waals surface area contributed by atoms with Crippen LogP contribution < -0.4 is 47.8 Å². The molecule has 7 amide bonds. The highest BCUT2D eigenvalue weighted by atomic mass is 19.2. The van der Waals surface area contributed by atoms with Gasteiger partial charge in [-0.1, -0.05) is 0 Å². The number of hydrogen-bond donors (Lipinski definition) is 17. The molecular weight excluding hydrogens is 1820 g/mol. The number of hydrazone groups is 1. The van der Waals surface area contributed by atoms with Crippen LogP contribution in [0, 0.1) is 29.1 Å². The number of nitrogens with zero attached hydrogens (tertiary/aromatic N) is 2. The molecule has 4 rings (SSSR count). The van der Waals surface area contributed by atoms with Gasteiger partial charge in [0.1, 0.15) is 42.2 Å². The monoisotopic (exact) mass is 1960 g/mol. The summed E-state index contributed by atoms with van der Waals surface area (Å²) in [7, 11) is 0. The van der Waals surface area contributed by atoms with Gasteiger partial charge in [0.25, 0.3) is 0 Å². The first-order valence-electron chi connectivity index (χ1n) is 45.7. The predicted octanol–water partition coefficient (Wildman–Crippen LogP) is -3.03. The maximum absolute atomic E-state index is 14.1. The number of esters is 1. The molecule has 0 aromatic heterocycles. The smallest absolute Gasteiger partial charge is 0.313 e. The fourth-order valence-electron chi connectivity index (χ4n) is 12.7. The van der Waals surface area contributed by atoms with Crippen molar-refractivity contribution >= 4 is 59.2 Å². The molecule has 0 aliphatic carbocycles. The molecule has 3 aliphatic heterocycles. The molecule has 0 spiro atoms. The van der Waals surface area contributed by atoms with E-state index < -0.39 is 170 Å². The van der Waals surface area contributed by atoms with Crippen molar-refractivity contribution in [2.24, 2.45) is 15.9 Å². The first-order chi connectivity index (χ1) is 65.2. The van der Waals surface area contributed by atoms with Crippen molar-refractivity contribution in [1.29, 1.82) is 0 Å². The Labute approximate surface area is 781 Å². The van der Waals surface area contributed by atoms with Crippen LogP contribution in [0.1, 0.15) is 135 Å². The number of aliphatic hydroxyl groups excluding tert-OH is 9. The van der Waals surface area contributed by atoms with Crippen LogP contribution in [0.5, 0.6) is 5.75 Å². The Hall–Kier alpha value is -7.27. The van der Waals surface area contributed by atoms with Crippen LogP contribution >= 0.6 is 0 Å². The van der Waals surface area contributed by atoms with Crippen molar-refractivity contribution in [3.05, 3.63) is 29.1 Å². The second-order valence-corrected chi connectivity index (χ2v) is 31.3. The maximum atomic E-state index is 14.1. The van der Waals surface area contributed by atoms with Gasteiger partial charge in [0.05, 0.1) is 202 Å². The number of rotatable bonds is 81. The highest BCUT2D eigenvalue weighted by molar-refractivity contribution is 6.30. The first kappa shape index (κ1) is 120. The molecule has 18 N–H and O–H groups in total. The minimum atomic E-state index is -2.38. The number of carbonyl (C=O) groups excluding carboxylic acids is 8. The average Bonchev–Trinajstić information content (AvgIpc) is 0.794. The van der Waals surface area contributed by atoms with E-state index in [2.05, 4.69) is 52.0 Å². The third kappa shape index (κ3) is 54.8. The molecule has 778 valence electrons. The van der Waals surface area contributed by atoms with Gasteiger partial charge in [-0.05, 0) is 57.8 Å². The van der Waals surface area contributed by atoms with E-state index in [4.69, 9.17) is 86.4 Å². The minimum Gasteiger partial charge on any atom is -0.420 e. The Morgan fingerprint density at radius 2 is 0.637 bits per heavy atom. The second kappa shape index (κ2) is 74.7. The number of benzene rings is 1. The van der Waals surface area contributed by atoms with E-state index in [0.717, 1.165) is 0 Å². The van der Waals surface area contributed by atoms with Crippen molar-refractivity contribution in [3.8, 4) is 5.75 Å². The lowest BCUT2D eigenvalue weighted by Gasteiger charge is -2.36. The van der Waals surface area contributed by atoms with Crippen molar-refractivity contribution in [2.45, 2.75) is 214 Å². The Balaban J connectivity index is 1.20. The van der Waals surface area contributed by atoms with Gasteiger partial charge < -0.3 is 174 Å². The number of amides is 7. The zero-order chi connectivity index (χ0) is 98.5. The van der Waals surface area contributed by atoms with Crippen LogP contribution in [0.4, 0.5) is 22.0 Å². The average molecular weight is 1960 g/mol. The van der Waals surface area contributed by atoms with Crippen molar-refractivity contribution in [3.63, 3.8) is 0 Å². The predicted molar refractivity (Wildman–Crippen MR) is 463 cm³/mol. The van der Waals surface area contributed by atoms with Gasteiger partial charge >= 0.3 is 5.97 Å². The van der Waals surface area contributed by atoms with Crippen LogP contribution in [0.3, 0.4) is 0 Å². The van der Waals surface area contributed by atoms with E-state index in [1.807, 2.05) is 0 Å². The topological polar surface area (TPSA) is 620 Å². The summed E-state index contributed by atoms with van der Waals surface area (Å²) >= 11 is 0. The molecule has 0 bridgehead atoms. The summed E-state index contributed by atoms with van der Waals surface area (Å²) in [6, 6.07) is 0. The van der Waals surface area contributed by atoms with Gasteiger partial charge in [-0.25, -0.2) is 13.2 Å². The summed E-state index contributed by atoms with van der Waals surface area (Å²) in [6.45, 7) is 2.72. The third-order valence-electron chi connectivity index (χ3n) is 20.2. The molecule has 3 heterocycles. The lowest BCUT2D eigenvalue weighted by molar-refractivity contribution is -0.257. The zero-order valence-electron chi connectivity index (χ0n) is 76.6.